The summed E-state index contributed by atoms with van der Waals surface area (Å²) in [5.41, 5.74) is -1.05. The van der Waals surface area contributed by atoms with E-state index in [9.17, 15) is 18.0 Å². The van der Waals surface area contributed by atoms with Gasteiger partial charge in [0.2, 0.25) is 0 Å². The van der Waals surface area contributed by atoms with Crippen molar-refractivity contribution in [3.05, 3.63) is 58.8 Å². The van der Waals surface area contributed by atoms with E-state index in [1.165, 1.54) is 29.7 Å². The third-order valence-corrected chi connectivity index (χ3v) is 7.47. The molecule has 1 fully saturated rings. The molecule has 0 unspecified atom stereocenters. The van der Waals surface area contributed by atoms with Crippen LogP contribution in [0.25, 0.3) is 16.8 Å². The maximum atomic E-state index is 13.9. The average molecular weight is 522 g/mol. The van der Waals surface area contributed by atoms with Gasteiger partial charge >= 0.3 is 13.3 Å². The molecule has 190 valence electrons. The molecule has 0 radical (unpaired) electrons. The predicted molar refractivity (Wildman–Crippen MR) is 128 cm³/mol. The lowest BCUT2D eigenvalue weighted by Crippen LogP contribution is -2.41. The molecular formula is C24H24BClF3N3O4. The molecule has 5 heterocycles. The number of furan rings is 1. The molecular weight excluding hydrogens is 498 g/mol. The molecule has 1 amide bonds. The van der Waals surface area contributed by atoms with E-state index in [4.69, 9.17) is 25.3 Å². The van der Waals surface area contributed by atoms with Gasteiger partial charge in [0.25, 0.3) is 5.91 Å². The number of alkyl halides is 3. The van der Waals surface area contributed by atoms with Crippen LogP contribution in [0.3, 0.4) is 0 Å². The van der Waals surface area contributed by atoms with Crippen molar-refractivity contribution in [3.63, 3.8) is 0 Å². The molecule has 2 aliphatic heterocycles. The number of hydrogen-bond acceptors (Lipinski definition) is 5. The van der Waals surface area contributed by atoms with E-state index >= 15 is 0 Å². The van der Waals surface area contributed by atoms with E-state index in [1.54, 1.807) is 0 Å². The Morgan fingerprint density at radius 3 is 2.42 bits per heavy atom. The van der Waals surface area contributed by atoms with Gasteiger partial charge < -0.3 is 18.6 Å². The zero-order valence-electron chi connectivity index (χ0n) is 20.1. The van der Waals surface area contributed by atoms with Crippen LogP contribution in [0.5, 0.6) is 0 Å². The number of pyridine rings is 1. The molecule has 12 heteroatoms. The van der Waals surface area contributed by atoms with Crippen molar-refractivity contribution in [3.8, 4) is 11.1 Å². The van der Waals surface area contributed by atoms with Crippen LogP contribution < -0.4 is 0 Å². The molecule has 7 nitrogen and oxygen atoms in total. The molecule has 0 saturated carbocycles. The number of halogens is 4. The van der Waals surface area contributed by atoms with E-state index in [0.717, 1.165) is 15.9 Å². The summed E-state index contributed by atoms with van der Waals surface area (Å²) in [6.45, 7) is 8.41. The Hall–Kier alpha value is -2.76. The summed E-state index contributed by atoms with van der Waals surface area (Å²) in [7, 11) is -0.512. The first-order valence-electron chi connectivity index (χ1n) is 11.4. The summed E-state index contributed by atoms with van der Waals surface area (Å²) in [6.07, 6.45) is 1.74. The van der Waals surface area contributed by atoms with Crippen LogP contribution in [0, 0.1) is 0 Å². The number of aromatic nitrogens is 2. The van der Waals surface area contributed by atoms with Crippen LogP contribution in [0.4, 0.5) is 13.2 Å². The lowest BCUT2D eigenvalue weighted by atomic mass is 9.74. The molecule has 0 aromatic carbocycles. The first-order valence-corrected chi connectivity index (χ1v) is 11.8. The minimum atomic E-state index is -4.71. The summed E-state index contributed by atoms with van der Waals surface area (Å²) in [6, 6.07) is 2.51. The van der Waals surface area contributed by atoms with Gasteiger partial charge in [-0.1, -0.05) is 17.7 Å². The van der Waals surface area contributed by atoms with Crippen LogP contribution >= 0.6 is 11.6 Å². The van der Waals surface area contributed by atoms with Crippen LogP contribution in [-0.2, 0) is 15.5 Å². The van der Waals surface area contributed by atoms with Crippen molar-refractivity contribution >= 4 is 30.3 Å². The van der Waals surface area contributed by atoms with Crippen molar-refractivity contribution in [2.24, 2.45) is 0 Å². The second-order valence-corrected chi connectivity index (χ2v) is 10.3. The zero-order valence-corrected chi connectivity index (χ0v) is 20.9. The standard InChI is InChI=1S/C24H24BClF3N3O4/c1-22(2)23(3,4)36-25(35-22)16-5-8-31(9-6-16)21(33)18-19(26)32-12-15(14-7-10-34-13-14)11-17(20(32)30-18)24(27,28)29/h5,7,10-13H,6,8-9H2,1-4H3. The van der Waals surface area contributed by atoms with Crippen molar-refractivity contribution < 1.29 is 31.7 Å². The normalized spacial score (nSPS) is 19.7. The van der Waals surface area contributed by atoms with Gasteiger partial charge in [-0.05, 0) is 51.7 Å². The number of rotatable bonds is 3. The summed E-state index contributed by atoms with van der Waals surface area (Å²) in [5.74, 6) is -0.550. The van der Waals surface area contributed by atoms with Gasteiger partial charge in [-0.15, -0.1) is 0 Å². The van der Waals surface area contributed by atoms with Gasteiger partial charge in [0, 0.05) is 30.4 Å². The Kier molecular flexibility index (Phi) is 5.81. The van der Waals surface area contributed by atoms with Crippen molar-refractivity contribution in [2.75, 3.05) is 13.1 Å². The van der Waals surface area contributed by atoms with Crippen LogP contribution in [0.2, 0.25) is 5.15 Å². The van der Waals surface area contributed by atoms with Gasteiger partial charge in [-0.3, -0.25) is 9.20 Å². The molecule has 1 saturated heterocycles. The van der Waals surface area contributed by atoms with Gasteiger partial charge in [0.05, 0.1) is 29.3 Å². The van der Waals surface area contributed by atoms with Crippen molar-refractivity contribution in [1.82, 2.24) is 14.3 Å². The molecule has 36 heavy (non-hydrogen) atoms. The maximum absolute atomic E-state index is 13.9. The fourth-order valence-corrected chi connectivity index (χ4v) is 4.53. The van der Waals surface area contributed by atoms with Gasteiger partial charge in [0.1, 0.15) is 5.15 Å². The molecule has 0 bridgehead atoms. The SMILES string of the molecule is CC1(C)OB(C2=CCN(C(=O)c3nc4c(C(F)(F)F)cc(-c5ccoc5)cn4c3Cl)CC2)OC1(C)C. The second kappa shape index (κ2) is 8.39. The first-order chi connectivity index (χ1) is 16.8. The summed E-state index contributed by atoms with van der Waals surface area (Å²) < 4.78 is 59.9. The highest BCUT2D eigenvalue weighted by molar-refractivity contribution is 6.54. The zero-order chi connectivity index (χ0) is 26.0. The Balaban J connectivity index is 1.44. The fraction of sp³-hybridized carbons (Fsp3) is 0.417. The first kappa shape index (κ1) is 24.9. The van der Waals surface area contributed by atoms with Gasteiger partial charge in [0.15, 0.2) is 11.3 Å². The lowest BCUT2D eigenvalue weighted by molar-refractivity contribution is -0.136. The Morgan fingerprint density at radius 1 is 1.17 bits per heavy atom. The van der Waals surface area contributed by atoms with Crippen LogP contribution in [0.1, 0.15) is 50.2 Å². The number of nitrogens with zero attached hydrogens (tertiary/aromatic N) is 3. The van der Waals surface area contributed by atoms with Crippen molar-refractivity contribution in [1.29, 1.82) is 0 Å². The number of carbonyl (C=O) groups is 1. The average Bonchev–Trinajstić information content (AvgIpc) is 3.50. The summed E-state index contributed by atoms with van der Waals surface area (Å²) in [5, 5.41) is -0.188. The Bertz CT molecular complexity index is 1350. The number of imidazole rings is 1. The molecule has 0 N–H and O–H groups in total. The molecule has 2 aliphatic rings. The third kappa shape index (κ3) is 4.12. The smallest absolute Gasteiger partial charge is 0.472 e. The van der Waals surface area contributed by atoms with E-state index in [0.29, 0.717) is 18.5 Å². The number of carbonyl (C=O) groups excluding carboxylic acids is 1. The second-order valence-electron chi connectivity index (χ2n) is 9.97. The highest BCUT2D eigenvalue weighted by Crippen LogP contribution is 2.40. The van der Waals surface area contributed by atoms with Crippen LogP contribution in [0.15, 0.2) is 46.8 Å². The number of hydrogen-bond donors (Lipinski definition) is 0. The van der Waals surface area contributed by atoms with Crippen LogP contribution in [-0.4, -0.2) is 51.6 Å². The van der Waals surface area contributed by atoms with E-state index in [1.807, 2.05) is 33.8 Å². The maximum Gasteiger partial charge on any atom is 0.490 e. The Labute approximate surface area is 211 Å². The van der Waals surface area contributed by atoms with Gasteiger partial charge in [-0.25, -0.2) is 4.98 Å². The van der Waals surface area contributed by atoms with Crippen molar-refractivity contribution in [2.45, 2.75) is 51.5 Å². The molecule has 3 aromatic heterocycles. The molecule has 3 aromatic rings. The van der Waals surface area contributed by atoms with E-state index < -0.39 is 41.6 Å². The molecule has 5 rings (SSSR count). The fourth-order valence-electron chi connectivity index (χ4n) is 4.28. The largest absolute Gasteiger partial charge is 0.490 e. The third-order valence-electron chi connectivity index (χ3n) is 7.11. The highest BCUT2D eigenvalue weighted by atomic mass is 35.5. The Morgan fingerprint density at radius 2 is 1.86 bits per heavy atom. The predicted octanol–water partition coefficient (Wildman–Crippen LogP) is 5.67. The summed E-state index contributed by atoms with van der Waals surface area (Å²) in [4.78, 5) is 18.8. The minimum absolute atomic E-state index is 0.188. The van der Waals surface area contributed by atoms with E-state index in [2.05, 4.69) is 4.98 Å². The molecule has 0 atom stereocenters. The topological polar surface area (TPSA) is 69.2 Å². The van der Waals surface area contributed by atoms with Gasteiger partial charge in [-0.2, -0.15) is 13.2 Å². The molecule has 0 aliphatic carbocycles. The highest BCUT2D eigenvalue weighted by Gasteiger charge is 2.52. The monoisotopic (exact) mass is 521 g/mol. The molecule has 0 spiro atoms. The lowest BCUT2D eigenvalue weighted by Gasteiger charge is -2.32. The van der Waals surface area contributed by atoms with E-state index in [-0.39, 0.29) is 23.0 Å². The quantitative estimate of drug-likeness (QED) is 0.416. The number of amides is 1. The number of fused-ring (bicyclic) bond motifs is 1. The minimum Gasteiger partial charge on any atom is -0.472 e. The summed E-state index contributed by atoms with van der Waals surface area (Å²) >= 11 is 6.43.